The molecule has 0 aliphatic rings. The summed E-state index contributed by atoms with van der Waals surface area (Å²) in [5, 5.41) is 4.52. The van der Waals surface area contributed by atoms with E-state index >= 15 is 0 Å². The molecule has 0 saturated carbocycles. The summed E-state index contributed by atoms with van der Waals surface area (Å²) in [5.74, 6) is -0.00240. The monoisotopic (exact) mass is 274 g/mol. The second kappa shape index (κ2) is 6.34. The van der Waals surface area contributed by atoms with Gasteiger partial charge in [-0.15, -0.1) is 0 Å². The Bertz CT molecular complexity index is 623. The maximum absolute atomic E-state index is 10.7. The molecule has 0 fully saturated rings. The highest BCUT2D eigenvalue weighted by molar-refractivity contribution is 6.31. The Labute approximate surface area is 117 Å². The molecular formula is C15H15ClN2O. The Balaban J connectivity index is 2.12. The first-order valence-electron chi connectivity index (χ1n) is 6.12. The molecule has 1 aromatic heterocycles. The third kappa shape index (κ3) is 3.80. The average molecular weight is 275 g/mol. The van der Waals surface area contributed by atoms with Crippen molar-refractivity contribution in [3.63, 3.8) is 0 Å². The fourth-order valence-corrected chi connectivity index (χ4v) is 2.00. The number of aromatic nitrogens is 1. The fraction of sp³-hybridized carbons (Fsp3) is 0.200. The van der Waals surface area contributed by atoms with E-state index in [2.05, 4.69) is 10.3 Å². The molecule has 0 atom stereocenters. The van der Waals surface area contributed by atoms with Crippen molar-refractivity contribution < 1.29 is 4.79 Å². The van der Waals surface area contributed by atoms with Gasteiger partial charge in [0.1, 0.15) is 0 Å². The number of fused-ring (bicyclic) bond motifs is 1. The molecule has 1 N–H and O–H groups in total. The fourth-order valence-electron chi connectivity index (χ4n) is 1.83. The molecule has 2 rings (SSSR count). The van der Waals surface area contributed by atoms with E-state index in [1.54, 1.807) is 6.20 Å². The van der Waals surface area contributed by atoms with Crippen LogP contribution in [0, 0.1) is 0 Å². The van der Waals surface area contributed by atoms with Crippen molar-refractivity contribution in [3.8, 4) is 0 Å². The van der Waals surface area contributed by atoms with Gasteiger partial charge in [0.25, 0.3) is 0 Å². The minimum atomic E-state index is -0.00240. The summed E-state index contributed by atoms with van der Waals surface area (Å²) < 4.78 is 0. The van der Waals surface area contributed by atoms with Gasteiger partial charge < -0.3 is 5.32 Å². The van der Waals surface area contributed by atoms with Crippen molar-refractivity contribution in [2.24, 2.45) is 0 Å². The lowest BCUT2D eigenvalue weighted by molar-refractivity contribution is -0.118. The minimum absolute atomic E-state index is 0.00240. The maximum atomic E-state index is 10.7. The van der Waals surface area contributed by atoms with Gasteiger partial charge in [-0.1, -0.05) is 29.8 Å². The number of benzene rings is 1. The molecule has 1 amide bonds. The van der Waals surface area contributed by atoms with E-state index in [1.165, 1.54) is 6.92 Å². The molecule has 19 heavy (non-hydrogen) atoms. The van der Waals surface area contributed by atoms with Crippen LogP contribution in [0.5, 0.6) is 0 Å². The number of nitrogens with one attached hydrogen (secondary N) is 1. The van der Waals surface area contributed by atoms with Crippen LogP contribution in [0.4, 0.5) is 0 Å². The quantitative estimate of drug-likeness (QED) is 0.868. The zero-order chi connectivity index (χ0) is 13.7. The number of pyridine rings is 1. The first kappa shape index (κ1) is 13.6. The SMILES string of the molecule is CC(=O)NCCC=Cc1ccnc2cc(Cl)ccc12. The molecule has 4 heteroatoms. The van der Waals surface area contributed by atoms with E-state index in [0.717, 1.165) is 22.9 Å². The molecule has 0 aliphatic heterocycles. The number of carbonyl (C=O) groups is 1. The molecule has 0 saturated heterocycles. The van der Waals surface area contributed by atoms with Gasteiger partial charge in [-0.25, -0.2) is 0 Å². The van der Waals surface area contributed by atoms with Crippen molar-refractivity contribution >= 4 is 34.5 Å². The van der Waals surface area contributed by atoms with Crippen LogP contribution < -0.4 is 5.32 Å². The minimum Gasteiger partial charge on any atom is -0.356 e. The molecule has 0 spiro atoms. The summed E-state index contributed by atoms with van der Waals surface area (Å²) >= 11 is 5.95. The summed E-state index contributed by atoms with van der Waals surface area (Å²) in [6, 6.07) is 7.65. The summed E-state index contributed by atoms with van der Waals surface area (Å²) in [7, 11) is 0. The number of hydrogen-bond acceptors (Lipinski definition) is 2. The number of hydrogen-bond donors (Lipinski definition) is 1. The van der Waals surface area contributed by atoms with Gasteiger partial charge in [0.15, 0.2) is 0 Å². The molecule has 1 aromatic carbocycles. The number of nitrogens with zero attached hydrogens (tertiary/aromatic N) is 1. The van der Waals surface area contributed by atoms with E-state index in [-0.39, 0.29) is 5.91 Å². The summed E-state index contributed by atoms with van der Waals surface area (Å²) in [5.41, 5.74) is 1.99. The highest BCUT2D eigenvalue weighted by Gasteiger charge is 1.99. The first-order valence-corrected chi connectivity index (χ1v) is 6.50. The van der Waals surface area contributed by atoms with E-state index in [0.29, 0.717) is 11.6 Å². The van der Waals surface area contributed by atoms with E-state index < -0.39 is 0 Å². The van der Waals surface area contributed by atoms with Gasteiger partial charge in [0, 0.05) is 30.1 Å². The molecule has 2 aromatic rings. The number of rotatable bonds is 4. The smallest absolute Gasteiger partial charge is 0.216 e. The Morgan fingerprint density at radius 1 is 1.42 bits per heavy atom. The molecule has 0 aliphatic carbocycles. The van der Waals surface area contributed by atoms with Gasteiger partial charge >= 0.3 is 0 Å². The van der Waals surface area contributed by atoms with Crippen molar-refractivity contribution in [2.45, 2.75) is 13.3 Å². The highest BCUT2D eigenvalue weighted by atomic mass is 35.5. The summed E-state index contributed by atoms with van der Waals surface area (Å²) in [6.07, 6.45) is 6.65. The predicted octanol–water partition coefficient (Wildman–Crippen LogP) is 3.43. The van der Waals surface area contributed by atoms with E-state index in [4.69, 9.17) is 11.6 Å². The van der Waals surface area contributed by atoms with Crippen LogP contribution in [0.25, 0.3) is 17.0 Å². The predicted molar refractivity (Wildman–Crippen MR) is 79.1 cm³/mol. The number of amides is 1. The van der Waals surface area contributed by atoms with Crippen molar-refractivity contribution in [1.29, 1.82) is 0 Å². The lowest BCUT2D eigenvalue weighted by Gasteiger charge is -2.02. The second-order valence-electron chi connectivity index (χ2n) is 4.24. The number of carbonyl (C=O) groups excluding carboxylic acids is 1. The van der Waals surface area contributed by atoms with Crippen LogP contribution >= 0.6 is 11.6 Å². The largest absolute Gasteiger partial charge is 0.356 e. The van der Waals surface area contributed by atoms with Crippen LogP contribution in [0.2, 0.25) is 5.02 Å². The van der Waals surface area contributed by atoms with Crippen LogP contribution in [-0.4, -0.2) is 17.4 Å². The molecule has 0 radical (unpaired) electrons. The lowest BCUT2D eigenvalue weighted by atomic mass is 10.1. The Kier molecular flexibility index (Phi) is 4.53. The Morgan fingerprint density at radius 3 is 3.05 bits per heavy atom. The zero-order valence-electron chi connectivity index (χ0n) is 10.7. The van der Waals surface area contributed by atoms with Crippen LogP contribution in [0.15, 0.2) is 36.5 Å². The second-order valence-corrected chi connectivity index (χ2v) is 4.67. The topological polar surface area (TPSA) is 42.0 Å². The van der Waals surface area contributed by atoms with E-state index in [1.807, 2.05) is 36.4 Å². The lowest BCUT2D eigenvalue weighted by Crippen LogP contribution is -2.20. The summed E-state index contributed by atoms with van der Waals surface area (Å²) in [4.78, 5) is 15.0. The average Bonchev–Trinajstić information content (AvgIpc) is 2.37. The third-order valence-electron chi connectivity index (χ3n) is 2.72. The molecule has 1 heterocycles. The first-order chi connectivity index (χ1) is 9.16. The van der Waals surface area contributed by atoms with Crippen LogP contribution in [0.1, 0.15) is 18.9 Å². The standard InChI is InChI=1S/C15H15ClN2O/c1-11(19)17-8-3-2-4-12-7-9-18-15-10-13(16)5-6-14(12)15/h2,4-7,9-10H,3,8H2,1H3,(H,17,19). The Hall–Kier alpha value is -1.87. The van der Waals surface area contributed by atoms with Gasteiger partial charge in [-0.3, -0.25) is 9.78 Å². The molecule has 98 valence electrons. The molecule has 0 unspecified atom stereocenters. The van der Waals surface area contributed by atoms with Gasteiger partial charge in [-0.2, -0.15) is 0 Å². The van der Waals surface area contributed by atoms with Crippen LogP contribution in [0.3, 0.4) is 0 Å². The molecular weight excluding hydrogens is 260 g/mol. The third-order valence-corrected chi connectivity index (χ3v) is 2.96. The van der Waals surface area contributed by atoms with Crippen molar-refractivity contribution in [3.05, 3.63) is 47.1 Å². The zero-order valence-corrected chi connectivity index (χ0v) is 11.4. The Morgan fingerprint density at radius 2 is 2.26 bits per heavy atom. The normalized spacial score (nSPS) is 11.1. The van der Waals surface area contributed by atoms with E-state index in [9.17, 15) is 4.79 Å². The summed E-state index contributed by atoms with van der Waals surface area (Å²) in [6.45, 7) is 2.17. The van der Waals surface area contributed by atoms with Gasteiger partial charge in [0.05, 0.1) is 5.52 Å². The maximum Gasteiger partial charge on any atom is 0.216 e. The highest BCUT2D eigenvalue weighted by Crippen LogP contribution is 2.21. The van der Waals surface area contributed by atoms with Crippen molar-refractivity contribution in [1.82, 2.24) is 10.3 Å². The number of halogens is 1. The van der Waals surface area contributed by atoms with Gasteiger partial charge in [0.2, 0.25) is 5.91 Å². The molecule has 0 bridgehead atoms. The van der Waals surface area contributed by atoms with Gasteiger partial charge in [-0.05, 0) is 30.2 Å². The van der Waals surface area contributed by atoms with Crippen molar-refractivity contribution in [2.75, 3.05) is 6.54 Å². The van der Waals surface area contributed by atoms with Crippen LogP contribution in [-0.2, 0) is 4.79 Å². The molecule has 3 nitrogen and oxygen atoms in total.